The van der Waals surface area contributed by atoms with E-state index < -0.39 is 33.6 Å². The normalized spacial score (nSPS) is 20.2. The molecule has 0 N–H and O–H groups in total. The van der Waals surface area contributed by atoms with E-state index in [9.17, 15) is 26.4 Å². The van der Waals surface area contributed by atoms with Gasteiger partial charge < -0.3 is 9.80 Å². The van der Waals surface area contributed by atoms with E-state index in [4.69, 9.17) is 0 Å². The van der Waals surface area contributed by atoms with Gasteiger partial charge in [0.15, 0.2) is 0 Å². The predicted octanol–water partition coefficient (Wildman–Crippen LogP) is 6.07. The molecule has 2 saturated heterocycles. The second-order valence-electron chi connectivity index (χ2n) is 12.4. The summed E-state index contributed by atoms with van der Waals surface area (Å²) in [4.78, 5) is 22.1. The number of halogens is 3. The highest BCUT2D eigenvalue weighted by atomic mass is 32.2. The number of carbonyl (C=O) groups excluding carboxylic acids is 1. The van der Waals surface area contributed by atoms with Gasteiger partial charge in [0.2, 0.25) is 10.0 Å². The number of anilines is 1. The topological polar surface area (TPSA) is 73.8 Å². The second kappa shape index (κ2) is 11.8. The molecular weight excluding hydrogens is 589 g/mol. The van der Waals surface area contributed by atoms with Crippen LogP contribution in [0.5, 0.6) is 0 Å². The predicted molar refractivity (Wildman–Crippen MR) is 163 cm³/mol. The van der Waals surface area contributed by atoms with E-state index in [0.717, 1.165) is 62.0 Å². The standard InChI is InChI=1S/C33H37F3N4O3S/c1-38(44(42,43)23-24-3-2-4-27(21-24)33(34,35)36)30-8-7-25-5-6-26(22-29(25)30)31(41)40-19-13-32(14-20-40)11-17-39(18-12-32)28-9-15-37-16-10-28/h2-6,9-10,15-16,21-22,30H,7-8,11-14,17-20,23H2,1H3. The summed E-state index contributed by atoms with van der Waals surface area (Å²) in [6.45, 7) is 3.38. The van der Waals surface area contributed by atoms with E-state index in [0.29, 0.717) is 31.5 Å². The van der Waals surface area contributed by atoms with Crippen molar-refractivity contribution < 1.29 is 26.4 Å². The number of amides is 1. The van der Waals surface area contributed by atoms with Gasteiger partial charge in [0.05, 0.1) is 11.3 Å². The molecule has 3 aliphatic rings. The van der Waals surface area contributed by atoms with Gasteiger partial charge in [-0.05, 0) is 91.0 Å². The molecule has 44 heavy (non-hydrogen) atoms. The van der Waals surface area contributed by atoms with Gasteiger partial charge in [-0.25, -0.2) is 8.42 Å². The molecule has 1 amide bonds. The van der Waals surface area contributed by atoms with Crippen LogP contribution < -0.4 is 4.90 Å². The SMILES string of the molecule is CN(C1CCc2ccc(C(=O)N3CCC4(CC3)CCN(c3ccncc3)CC4)cc21)S(=O)(=O)Cc1cccc(C(F)(F)F)c1. The number of alkyl halides is 3. The van der Waals surface area contributed by atoms with Crippen molar-refractivity contribution in [1.82, 2.24) is 14.2 Å². The maximum absolute atomic E-state index is 13.6. The van der Waals surface area contributed by atoms with Gasteiger partial charge in [0, 0.05) is 62.9 Å². The van der Waals surface area contributed by atoms with Crippen LogP contribution in [0.1, 0.15) is 70.8 Å². The van der Waals surface area contributed by atoms with E-state index in [2.05, 4.69) is 9.88 Å². The molecule has 11 heteroatoms. The Kier molecular flexibility index (Phi) is 8.21. The minimum absolute atomic E-state index is 0.0444. The quantitative estimate of drug-likeness (QED) is 0.332. The van der Waals surface area contributed by atoms with E-state index in [-0.39, 0.29) is 16.9 Å². The molecule has 1 spiro atoms. The van der Waals surface area contributed by atoms with Crippen molar-refractivity contribution in [2.45, 2.75) is 56.5 Å². The molecule has 3 heterocycles. The highest BCUT2D eigenvalue weighted by molar-refractivity contribution is 7.88. The van der Waals surface area contributed by atoms with Crippen molar-refractivity contribution in [3.8, 4) is 0 Å². The Labute approximate surface area is 256 Å². The zero-order valence-corrected chi connectivity index (χ0v) is 25.6. The molecule has 6 rings (SSSR count). The van der Waals surface area contributed by atoms with Gasteiger partial charge in [0.25, 0.3) is 5.91 Å². The molecule has 0 saturated carbocycles. The number of sulfonamides is 1. The maximum Gasteiger partial charge on any atom is 0.416 e. The van der Waals surface area contributed by atoms with Gasteiger partial charge in [-0.2, -0.15) is 17.5 Å². The summed E-state index contributed by atoms with van der Waals surface area (Å²) >= 11 is 0. The number of nitrogens with zero attached hydrogens (tertiary/aromatic N) is 4. The summed E-state index contributed by atoms with van der Waals surface area (Å²) in [5.41, 5.74) is 2.99. The molecule has 2 fully saturated rings. The molecule has 0 bridgehead atoms. The Balaban J connectivity index is 1.10. The van der Waals surface area contributed by atoms with Gasteiger partial charge in [-0.1, -0.05) is 24.3 Å². The van der Waals surface area contributed by atoms with E-state index >= 15 is 0 Å². The first-order chi connectivity index (χ1) is 20.9. The average Bonchev–Trinajstić information content (AvgIpc) is 3.44. The number of carbonyl (C=O) groups is 1. The van der Waals surface area contributed by atoms with Crippen LogP contribution in [0.2, 0.25) is 0 Å². The Bertz CT molecular complexity index is 1610. The van der Waals surface area contributed by atoms with Crippen molar-refractivity contribution in [3.05, 3.63) is 94.8 Å². The second-order valence-corrected chi connectivity index (χ2v) is 14.5. The number of rotatable bonds is 6. The Morgan fingerprint density at radius 3 is 2.34 bits per heavy atom. The minimum atomic E-state index is -4.55. The lowest BCUT2D eigenvalue weighted by Crippen LogP contribution is -2.48. The molecule has 2 aromatic carbocycles. The third-order valence-electron chi connectivity index (χ3n) is 9.88. The average molecular weight is 627 g/mol. The summed E-state index contributed by atoms with van der Waals surface area (Å²) in [5, 5.41) is 0. The Hall–Kier alpha value is -3.44. The lowest BCUT2D eigenvalue weighted by molar-refractivity contribution is -0.137. The largest absolute Gasteiger partial charge is 0.416 e. The van der Waals surface area contributed by atoms with Crippen molar-refractivity contribution in [2.75, 3.05) is 38.1 Å². The Morgan fingerprint density at radius 1 is 0.977 bits per heavy atom. The molecule has 1 atom stereocenters. The van der Waals surface area contributed by atoms with Gasteiger partial charge >= 0.3 is 6.18 Å². The molecule has 7 nitrogen and oxygen atoms in total. The minimum Gasteiger partial charge on any atom is -0.371 e. The summed E-state index contributed by atoms with van der Waals surface area (Å²) in [7, 11) is -2.46. The zero-order valence-electron chi connectivity index (χ0n) is 24.8. The van der Waals surface area contributed by atoms with E-state index in [1.165, 1.54) is 29.2 Å². The van der Waals surface area contributed by atoms with Crippen LogP contribution >= 0.6 is 0 Å². The van der Waals surface area contributed by atoms with Crippen molar-refractivity contribution >= 4 is 21.6 Å². The number of aromatic nitrogens is 1. The third-order valence-corrected chi connectivity index (χ3v) is 11.7. The zero-order chi connectivity index (χ0) is 31.1. The van der Waals surface area contributed by atoms with Crippen LogP contribution in [-0.4, -0.2) is 61.7 Å². The van der Waals surface area contributed by atoms with Crippen molar-refractivity contribution in [1.29, 1.82) is 0 Å². The van der Waals surface area contributed by atoms with Gasteiger partial charge in [0.1, 0.15) is 0 Å². The molecule has 1 aromatic heterocycles. The molecule has 1 aliphatic carbocycles. The van der Waals surface area contributed by atoms with Gasteiger partial charge in [-0.15, -0.1) is 0 Å². The number of pyridine rings is 1. The smallest absolute Gasteiger partial charge is 0.371 e. The summed E-state index contributed by atoms with van der Waals surface area (Å²) in [5.74, 6) is -0.578. The first-order valence-corrected chi connectivity index (χ1v) is 16.7. The molecule has 3 aromatic rings. The maximum atomic E-state index is 13.6. The summed E-state index contributed by atoms with van der Waals surface area (Å²) in [6, 6.07) is 13.6. The van der Waals surface area contributed by atoms with E-state index in [1.54, 1.807) is 0 Å². The van der Waals surface area contributed by atoms with Crippen LogP contribution in [-0.2, 0) is 28.4 Å². The fourth-order valence-corrected chi connectivity index (χ4v) is 8.51. The van der Waals surface area contributed by atoms with Crippen molar-refractivity contribution in [3.63, 3.8) is 0 Å². The lowest BCUT2D eigenvalue weighted by Gasteiger charge is -2.47. The molecular formula is C33H37F3N4O3S. The lowest BCUT2D eigenvalue weighted by atomic mass is 9.71. The fourth-order valence-electron chi connectivity index (χ4n) is 7.10. The van der Waals surface area contributed by atoms with Crippen LogP contribution in [0, 0.1) is 5.41 Å². The number of hydrogen-bond donors (Lipinski definition) is 0. The molecule has 2 aliphatic heterocycles. The van der Waals surface area contributed by atoms with Crippen LogP contribution in [0.15, 0.2) is 67.0 Å². The number of likely N-dealkylation sites (tertiary alicyclic amines) is 1. The number of aryl methyl sites for hydroxylation is 1. The Morgan fingerprint density at radius 2 is 1.66 bits per heavy atom. The molecule has 1 unspecified atom stereocenters. The number of hydrogen-bond acceptors (Lipinski definition) is 5. The van der Waals surface area contributed by atoms with Gasteiger partial charge in [-0.3, -0.25) is 9.78 Å². The number of fused-ring (bicyclic) bond motifs is 1. The third kappa shape index (κ3) is 6.21. The van der Waals surface area contributed by atoms with Crippen LogP contribution in [0.4, 0.5) is 18.9 Å². The summed E-state index contributed by atoms with van der Waals surface area (Å²) in [6.07, 6.45) is 4.44. The summed E-state index contributed by atoms with van der Waals surface area (Å²) < 4.78 is 67.5. The molecule has 0 radical (unpaired) electrons. The van der Waals surface area contributed by atoms with E-state index in [1.807, 2.05) is 47.6 Å². The number of piperidine rings is 2. The monoisotopic (exact) mass is 626 g/mol. The van der Waals surface area contributed by atoms with Crippen LogP contribution in [0.3, 0.4) is 0 Å². The first kappa shape index (κ1) is 30.6. The molecule has 234 valence electrons. The number of benzene rings is 2. The highest BCUT2D eigenvalue weighted by Crippen LogP contribution is 2.43. The van der Waals surface area contributed by atoms with Crippen LogP contribution in [0.25, 0.3) is 0 Å². The van der Waals surface area contributed by atoms with Crippen molar-refractivity contribution in [2.24, 2.45) is 5.41 Å². The fraction of sp³-hybridized carbons (Fsp3) is 0.455. The first-order valence-electron chi connectivity index (χ1n) is 15.1. The highest BCUT2D eigenvalue weighted by Gasteiger charge is 2.39.